The van der Waals surface area contributed by atoms with Crippen molar-refractivity contribution in [3.63, 3.8) is 0 Å². The summed E-state index contributed by atoms with van der Waals surface area (Å²) in [5.74, 6) is -0.468. The summed E-state index contributed by atoms with van der Waals surface area (Å²) in [6, 6.07) is 8.88. The van der Waals surface area contributed by atoms with Gasteiger partial charge in [0, 0.05) is 67.8 Å². The van der Waals surface area contributed by atoms with Gasteiger partial charge in [-0.05, 0) is 44.2 Å². The van der Waals surface area contributed by atoms with Crippen molar-refractivity contribution in [2.24, 2.45) is 0 Å². The van der Waals surface area contributed by atoms with Gasteiger partial charge in [-0.25, -0.2) is 18.6 Å². The fraction of sp³-hybridized carbons (Fsp3) is 0.414. The minimum Gasteiger partial charge on any atom is -0.489 e. The first-order valence-electron chi connectivity index (χ1n) is 13.8. The van der Waals surface area contributed by atoms with Crippen molar-refractivity contribution in [3.05, 3.63) is 65.4 Å². The molecule has 0 saturated carbocycles. The Balaban J connectivity index is 1.21. The molecule has 0 spiro atoms. The second-order valence-electron chi connectivity index (χ2n) is 10.4. The number of hydrogen-bond donors (Lipinski definition) is 2. The molecule has 2 aromatic carbocycles. The number of hydrogen-bond acceptors (Lipinski definition) is 9. The van der Waals surface area contributed by atoms with Gasteiger partial charge in [0.05, 0.1) is 13.2 Å². The molecule has 1 fully saturated rings. The predicted molar refractivity (Wildman–Crippen MR) is 151 cm³/mol. The molecule has 3 aromatic rings. The summed E-state index contributed by atoms with van der Waals surface area (Å²) < 4.78 is 45.4. The van der Waals surface area contributed by atoms with Gasteiger partial charge in [0.2, 0.25) is 5.95 Å². The normalized spacial score (nSPS) is 15.6. The molecule has 1 amide bonds. The predicted octanol–water partition coefficient (Wildman–Crippen LogP) is 4.45. The number of rotatable bonds is 10. The summed E-state index contributed by atoms with van der Waals surface area (Å²) in [7, 11) is 0. The number of carboxylic acid groups (broad SMARTS) is 1. The number of carbonyl (C=O) groups is 1. The van der Waals surface area contributed by atoms with E-state index in [4.69, 9.17) is 14.2 Å². The van der Waals surface area contributed by atoms with Gasteiger partial charge in [-0.15, -0.1) is 0 Å². The van der Waals surface area contributed by atoms with E-state index in [1.165, 1.54) is 36.5 Å². The van der Waals surface area contributed by atoms with E-state index in [1.54, 1.807) is 6.07 Å². The summed E-state index contributed by atoms with van der Waals surface area (Å²) in [5.41, 5.74) is 1.18. The van der Waals surface area contributed by atoms with Crippen LogP contribution < -0.4 is 19.7 Å². The number of nitrogens with zero attached hydrogens (tertiary/aromatic N) is 5. The van der Waals surface area contributed by atoms with E-state index in [0.717, 1.165) is 31.1 Å². The summed E-state index contributed by atoms with van der Waals surface area (Å²) >= 11 is 0. The van der Waals surface area contributed by atoms with Crippen LogP contribution in [0.15, 0.2) is 42.6 Å². The summed E-state index contributed by atoms with van der Waals surface area (Å²) in [6.45, 7) is 9.32. The quantitative estimate of drug-likeness (QED) is 0.354. The molecule has 2 N–H and O–H groups in total. The molecule has 42 heavy (non-hydrogen) atoms. The van der Waals surface area contributed by atoms with Crippen LogP contribution in [0.3, 0.4) is 0 Å². The minimum absolute atomic E-state index is 0.0174. The number of anilines is 3. The lowest BCUT2D eigenvalue weighted by Crippen LogP contribution is -2.49. The van der Waals surface area contributed by atoms with Gasteiger partial charge in [-0.2, -0.15) is 4.98 Å². The summed E-state index contributed by atoms with van der Waals surface area (Å²) in [4.78, 5) is 26.3. The lowest BCUT2D eigenvalue weighted by molar-refractivity contribution is -0.0172. The number of benzene rings is 2. The number of piperazine rings is 1. The van der Waals surface area contributed by atoms with Crippen molar-refractivity contribution in [1.29, 1.82) is 0 Å². The molecule has 13 heteroatoms. The van der Waals surface area contributed by atoms with Crippen LogP contribution in [0.5, 0.6) is 11.5 Å². The van der Waals surface area contributed by atoms with Gasteiger partial charge in [-0.1, -0.05) is 0 Å². The maximum Gasteiger partial charge on any atom is 0.413 e. The van der Waals surface area contributed by atoms with Crippen molar-refractivity contribution >= 4 is 23.5 Å². The molecular formula is C29H34F2N6O5. The van der Waals surface area contributed by atoms with Crippen LogP contribution in [0, 0.1) is 11.6 Å². The Morgan fingerprint density at radius 1 is 1.17 bits per heavy atom. The highest BCUT2D eigenvalue weighted by Gasteiger charge is 2.24. The molecule has 2 aliphatic heterocycles. The molecule has 0 aliphatic carbocycles. The van der Waals surface area contributed by atoms with Crippen molar-refractivity contribution in [2.75, 3.05) is 56.3 Å². The Bertz CT molecular complexity index is 1400. The third-order valence-electron chi connectivity index (χ3n) is 7.22. The van der Waals surface area contributed by atoms with Crippen molar-refractivity contribution in [3.8, 4) is 11.5 Å². The van der Waals surface area contributed by atoms with Crippen LogP contribution in [-0.2, 0) is 17.9 Å². The second-order valence-corrected chi connectivity index (χ2v) is 10.4. The van der Waals surface area contributed by atoms with Gasteiger partial charge in [0.15, 0.2) is 18.4 Å². The van der Waals surface area contributed by atoms with Crippen LogP contribution >= 0.6 is 0 Å². The van der Waals surface area contributed by atoms with Gasteiger partial charge < -0.3 is 24.6 Å². The third kappa shape index (κ3) is 7.22. The fourth-order valence-corrected chi connectivity index (χ4v) is 4.96. The first-order chi connectivity index (χ1) is 20.3. The molecule has 0 unspecified atom stereocenters. The lowest BCUT2D eigenvalue weighted by Gasteiger charge is -2.36. The first kappa shape index (κ1) is 29.4. The van der Waals surface area contributed by atoms with Crippen LogP contribution in [-0.4, -0.2) is 83.1 Å². The SMILES string of the molecule is CC(C)N1CCN(CCOc2ccc(Nc3nccc(N(Cc4cc(F)cc5c4OCOC5)C(=O)O)n3)cc2F)CC1. The number of halogens is 2. The van der Waals surface area contributed by atoms with Gasteiger partial charge >= 0.3 is 6.09 Å². The van der Waals surface area contributed by atoms with Crippen molar-refractivity contribution < 1.29 is 32.9 Å². The zero-order chi connectivity index (χ0) is 29.6. The van der Waals surface area contributed by atoms with E-state index in [1.807, 2.05) is 0 Å². The average molecular weight is 585 g/mol. The van der Waals surface area contributed by atoms with Gasteiger partial charge in [0.25, 0.3) is 0 Å². The van der Waals surface area contributed by atoms with E-state index in [0.29, 0.717) is 41.8 Å². The lowest BCUT2D eigenvalue weighted by atomic mass is 10.1. The minimum atomic E-state index is -1.31. The topological polar surface area (TPSA) is 113 Å². The van der Waals surface area contributed by atoms with E-state index < -0.39 is 17.7 Å². The monoisotopic (exact) mass is 584 g/mol. The molecule has 1 saturated heterocycles. The Kier molecular flexibility index (Phi) is 9.30. The number of aromatic nitrogens is 2. The third-order valence-corrected chi connectivity index (χ3v) is 7.22. The van der Waals surface area contributed by atoms with Crippen molar-refractivity contribution in [1.82, 2.24) is 19.8 Å². The number of fused-ring (bicyclic) bond motifs is 1. The zero-order valence-electron chi connectivity index (χ0n) is 23.6. The molecule has 224 valence electrons. The molecule has 3 heterocycles. The Morgan fingerprint density at radius 3 is 2.71 bits per heavy atom. The Morgan fingerprint density at radius 2 is 1.98 bits per heavy atom. The summed E-state index contributed by atoms with van der Waals surface area (Å²) in [6.07, 6.45) is 0.0694. The fourth-order valence-electron chi connectivity index (χ4n) is 4.96. The van der Waals surface area contributed by atoms with Crippen LogP contribution in [0.25, 0.3) is 0 Å². The average Bonchev–Trinajstić information content (AvgIpc) is 2.97. The standard InChI is InChI=1S/C29H34F2N6O5/c1-19(2)36-9-7-35(8-10-36)11-12-41-25-4-3-23(15-24(25)31)33-28-32-6-5-26(34-28)37(29(38)39)16-20-13-22(30)14-21-17-40-18-42-27(20)21/h3-6,13-15,19H,7-12,16-18H2,1-2H3,(H,38,39)(H,32,33,34). The first-order valence-corrected chi connectivity index (χ1v) is 13.8. The highest BCUT2D eigenvalue weighted by molar-refractivity contribution is 5.85. The highest BCUT2D eigenvalue weighted by Crippen LogP contribution is 2.31. The molecule has 2 aliphatic rings. The Labute approximate surface area is 242 Å². The molecule has 0 atom stereocenters. The number of ether oxygens (including phenoxy) is 3. The number of amides is 1. The largest absolute Gasteiger partial charge is 0.489 e. The second kappa shape index (κ2) is 13.3. The molecule has 0 radical (unpaired) electrons. The van der Waals surface area contributed by atoms with Crippen molar-refractivity contribution in [2.45, 2.75) is 33.0 Å². The van der Waals surface area contributed by atoms with E-state index in [-0.39, 0.29) is 37.5 Å². The van der Waals surface area contributed by atoms with Crippen LogP contribution in [0.4, 0.5) is 31.0 Å². The van der Waals surface area contributed by atoms with E-state index in [9.17, 15) is 18.7 Å². The molecule has 0 bridgehead atoms. The molecular weight excluding hydrogens is 550 g/mol. The molecule has 11 nitrogen and oxygen atoms in total. The zero-order valence-corrected chi connectivity index (χ0v) is 23.6. The van der Waals surface area contributed by atoms with Gasteiger partial charge in [-0.3, -0.25) is 14.7 Å². The number of nitrogens with one attached hydrogen (secondary N) is 1. The Hall–Kier alpha value is -4.07. The highest BCUT2D eigenvalue weighted by atomic mass is 19.1. The van der Waals surface area contributed by atoms with Gasteiger partial charge in [0.1, 0.15) is 24.0 Å². The molecule has 1 aromatic heterocycles. The van der Waals surface area contributed by atoms with Crippen LogP contribution in [0.2, 0.25) is 0 Å². The van der Waals surface area contributed by atoms with E-state index in [2.05, 4.69) is 38.9 Å². The summed E-state index contributed by atoms with van der Waals surface area (Å²) in [5, 5.41) is 12.8. The van der Waals surface area contributed by atoms with Crippen LogP contribution in [0.1, 0.15) is 25.0 Å². The smallest absolute Gasteiger partial charge is 0.413 e. The maximum absolute atomic E-state index is 14.8. The van der Waals surface area contributed by atoms with E-state index >= 15 is 0 Å². The molecule has 5 rings (SSSR count). The maximum atomic E-state index is 14.8.